The average molecular weight is 558 g/mol. The van der Waals surface area contributed by atoms with Gasteiger partial charge >= 0.3 is 0 Å². The number of carboxylic acid groups (broad SMARTS) is 1. The molecule has 1 aromatic carbocycles. The average Bonchev–Trinajstić information content (AvgIpc) is 3.57. The van der Waals surface area contributed by atoms with Crippen LogP contribution in [-0.4, -0.2) is 36.0 Å². The topological polar surface area (TPSA) is 111 Å². The van der Waals surface area contributed by atoms with Gasteiger partial charge in [-0.1, -0.05) is 77.3 Å². The van der Waals surface area contributed by atoms with Gasteiger partial charge in [0, 0.05) is 23.2 Å². The number of benzene rings is 1. The third kappa shape index (κ3) is 6.94. The lowest BCUT2D eigenvalue weighted by molar-refractivity contribution is -0.122. The van der Waals surface area contributed by atoms with Crippen LogP contribution in [0.4, 0.5) is 5.82 Å². The van der Waals surface area contributed by atoms with Crippen molar-refractivity contribution in [3.05, 3.63) is 64.7 Å². The first kappa shape index (κ1) is 29.0. The molecule has 0 saturated heterocycles. The summed E-state index contributed by atoms with van der Waals surface area (Å²) in [6.07, 6.45) is 11.9. The van der Waals surface area contributed by atoms with Crippen LogP contribution in [0.2, 0.25) is 0 Å². The van der Waals surface area contributed by atoms with Gasteiger partial charge in [-0.2, -0.15) is 14.7 Å². The first-order valence-corrected chi connectivity index (χ1v) is 13.4. The lowest BCUT2D eigenvalue weighted by Crippen LogP contribution is -2.11. The Morgan fingerprint density at radius 1 is 1.06 bits per heavy atom. The summed E-state index contributed by atoms with van der Waals surface area (Å²) in [5.41, 5.74) is 11.5. The van der Waals surface area contributed by atoms with E-state index >= 15 is 0 Å². The molecule has 0 aliphatic heterocycles. The van der Waals surface area contributed by atoms with Crippen LogP contribution in [0.25, 0.3) is 16.8 Å². The number of anilines is 1. The van der Waals surface area contributed by atoms with Gasteiger partial charge in [0.25, 0.3) is 6.47 Å². The zero-order valence-corrected chi connectivity index (χ0v) is 23.1. The van der Waals surface area contributed by atoms with Crippen LogP contribution in [0.3, 0.4) is 0 Å². The Morgan fingerprint density at radius 3 is 2.33 bits per heavy atom. The Hall–Kier alpha value is -3.20. The molecule has 0 amide bonds. The van der Waals surface area contributed by atoms with Crippen LogP contribution < -0.4 is 5.73 Å². The van der Waals surface area contributed by atoms with E-state index in [2.05, 4.69) is 38.3 Å². The minimum absolute atomic E-state index is 0.250. The first-order valence-electron chi connectivity index (χ1n) is 12.6. The Bertz CT molecular complexity index is 1200. The maximum atomic E-state index is 8.36. The van der Waals surface area contributed by atoms with Crippen molar-refractivity contribution in [1.82, 2.24) is 24.4 Å². The van der Waals surface area contributed by atoms with Crippen LogP contribution in [0.1, 0.15) is 77.0 Å². The molecule has 0 atom stereocenters. The van der Waals surface area contributed by atoms with E-state index in [0.717, 1.165) is 33.5 Å². The highest BCUT2D eigenvalue weighted by molar-refractivity contribution is 9.10. The number of nitrogens with zero attached hydrogens (tertiary/aromatic N) is 5. The fourth-order valence-electron chi connectivity index (χ4n) is 4.22. The molecule has 5 rings (SSSR count). The molecule has 1 saturated carbocycles. The van der Waals surface area contributed by atoms with Gasteiger partial charge in [-0.05, 0) is 34.3 Å². The van der Waals surface area contributed by atoms with Gasteiger partial charge in [-0.15, -0.1) is 0 Å². The maximum absolute atomic E-state index is 8.36. The molecular formula is C27H37BrN6O2. The second-order valence-electron chi connectivity index (χ2n) is 7.84. The first-order chi connectivity index (χ1) is 17.6. The summed E-state index contributed by atoms with van der Waals surface area (Å²) in [7, 11) is 0. The van der Waals surface area contributed by atoms with E-state index in [1.165, 1.54) is 37.7 Å². The van der Waals surface area contributed by atoms with Gasteiger partial charge < -0.3 is 10.8 Å². The van der Waals surface area contributed by atoms with Crippen LogP contribution in [0.15, 0.2) is 53.4 Å². The summed E-state index contributed by atoms with van der Waals surface area (Å²) in [4.78, 5) is 13.4. The number of fused-ring (bicyclic) bond motifs is 1. The molecular weight excluding hydrogens is 520 g/mol. The number of aromatic nitrogens is 5. The summed E-state index contributed by atoms with van der Waals surface area (Å²) in [6, 6.07) is 10.3. The SMILES string of the molecule is CC.CC.Nc1c(Br)c(C2CCCCC2)nc2c(-c3cnn(Cc4ccccc4)c3)cnn12.O=CO. The molecule has 3 heterocycles. The van der Waals surface area contributed by atoms with Gasteiger partial charge in [0.2, 0.25) is 0 Å². The lowest BCUT2D eigenvalue weighted by atomic mass is 9.87. The Balaban J connectivity index is 0.000000596. The number of hydrogen-bond acceptors (Lipinski definition) is 5. The minimum atomic E-state index is -0.250. The van der Waals surface area contributed by atoms with Crippen molar-refractivity contribution in [2.75, 3.05) is 5.73 Å². The molecule has 3 N–H and O–H groups in total. The van der Waals surface area contributed by atoms with Crippen molar-refractivity contribution in [2.45, 2.75) is 72.3 Å². The normalized spacial score (nSPS) is 12.9. The van der Waals surface area contributed by atoms with Crippen molar-refractivity contribution in [1.29, 1.82) is 0 Å². The zero-order valence-electron chi connectivity index (χ0n) is 21.6. The summed E-state index contributed by atoms with van der Waals surface area (Å²) >= 11 is 3.68. The van der Waals surface area contributed by atoms with E-state index in [1.807, 2.05) is 69.2 Å². The summed E-state index contributed by atoms with van der Waals surface area (Å²) in [5, 5.41) is 15.9. The molecule has 0 spiro atoms. The highest BCUT2D eigenvalue weighted by Gasteiger charge is 2.24. The molecule has 0 radical (unpaired) electrons. The van der Waals surface area contributed by atoms with E-state index < -0.39 is 0 Å². The molecule has 1 aliphatic rings. The van der Waals surface area contributed by atoms with Crippen molar-refractivity contribution < 1.29 is 9.90 Å². The quantitative estimate of drug-likeness (QED) is 0.268. The number of rotatable bonds is 4. The van der Waals surface area contributed by atoms with Gasteiger partial charge in [-0.3, -0.25) is 9.48 Å². The highest BCUT2D eigenvalue weighted by Crippen LogP contribution is 2.38. The summed E-state index contributed by atoms with van der Waals surface area (Å²) in [6.45, 7) is 8.48. The predicted molar refractivity (Wildman–Crippen MR) is 149 cm³/mol. The Kier molecular flexibility index (Phi) is 12.1. The van der Waals surface area contributed by atoms with Crippen LogP contribution in [0.5, 0.6) is 0 Å². The van der Waals surface area contributed by atoms with E-state index in [4.69, 9.17) is 20.6 Å². The van der Waals surface area contributed by atoms with E-state index in [9.17, 15) is 0 Å². The Morgan fingerprint density at radius 2 is 1.69 bits per heavy atom. The number of nitrogen functional groups attached to an aromatic ring is 1. The number of carbonyl (C=O) groups is 1. The molecule has 9 heteroatoms. The van der Waals surface area contributed by atoms with Crippen LogP contribution in [-0.2, 0) is 11.3 Å². The molecule has 1 fully saturated rings. The zero-order chi connectivity index (χ0) is 26.5. The van der Waals surface area contributed by atoms with E-state index in [-0.39, 0.29) is 6.47 Å². The van der Waals surface area contributed by atoms with Crippen LogP contribution in [0, 0.1) is 0 Å². The Labute approximate surface area is 221 Å². The monoisotopic (exact) mass is 556 g/mol. The highest BCUT2D eigenvalue weighted by atomic mass is 79.9. The van der Waals surface area contributed by atoms with E-state index in [1.54, 1.807) is 4.52 Å². The molecule has 194 valence electrons. The minimum Gasteiger partial charge on any atom is -0.483 e. The predicted octanol–water partition coefficient (Wildman–Crippen LogP) is 6.79. The molecule has 1 aliphatic carbocycles. The molecule has 0 bridgehead atoms. The van der Waals surface area contributed by atoms with Gasteiger partial charge in [-0.25, -0.2) is 4.98 Å². The third-order valence-electron chi connectivity index (χ3n) is 5.77. The number of nitrogens with two attached hydrogens (primary N) is 1. The molecule has 0 unspecified atom stereocenters. The maximum Gasteiger partial charge on any atom is 0.290 e. The van der Waals surface area contributed by atoms with Crippen molar-refractivity contribution in [3.63, 3.8) is 0 Å². The lowest BCUT2D eigenvalue weighted by Gasteiger charge is -2.22. The second-order valence-corrected chi connectivity index (χ2v) is 8.64. The third-order valence-corrected chi connectivity index (χ3v) is 6.58. The fourth-order valence-corrected chi connectivity index (χ4v) is 4.80. The number of halogens is 1. The standard InChI is InChI=1S/C22H23BrN6.2C2H6.CH2O2/c23-19-20(16-9-5-2-6-10-16)27-22-18(12-26-29(22)21(19)24)17-11-25-28(14-17)13-15-7-3-1-4-8-15;2*1-2;2-1-3/h1,3-4,7-8,11-12,14,16H,2,5-6,9-10,13,24H2;2*1-2H3;1H,(H,2,3). The smallest absolute Gasteiger partial charge is 0.290 e. The molecule has 8 nitrogen and oxygen atoms in total. The van der Waals surface area contributed by atoms with Gasteiger partial charge in [0.1, 0.15) is 5.82 Å². The van der Waals surface area contributed by atoms with Crippen molar-refractivity contribution in [2.24, 2.45) is 0 Å². The largest absolute Gasteiger partial charge is 0.483 e. The van der Waals surface area contributed by atoms with Gasteiger partial charge in [0.15, 0.2) is 5.65 Å². The second kappa shape index (κ2) is 15.0. The van der Waals surface area contributed by atoms with Crippen LogP contribution >= 0.6 is 15.9 Å². The number of hydrogen-bond donors (Lipinski definition) is 2. The summed E-state index contributed by atoms with van der Waals surface area (Å²) in [5.74, 6) is 1.06. The van der Waals surface area contributed by atoms with Crippen molar-refractivity contribution >= 4 is 33.9 Å². The summed E-state index contributed by atoms with van der Waals surface area (Å²) < 4.78 is 4.55. The van der Waals surface area contributed by atoms with E-state index in [0.29, 0.717) is 11.7 Å². The molecule has 3 aromatic heterocycles. The molecule has 4 aromatic rings. The fraction of sp³-hybridized carbons (Fsp3) is 0.407. The van der Waals surface area contributed by atoms with Crippen molar-refractivity contribution in [3.8, 4) is 11.1 Å². The van der Waals surface area contributed by atoms with Gasteiger partial charge in [0.05, 0.1) is 29.1 Å². The molecule has 36 heavy (non-hydrogen) atoms.